The van der Waals surface area contributed by atoms with E-state index in [0.717, 1.165) is 12.1 Å². The maximum Gasteiger partial charge on any atom is 0.158 e. The molecule has 1 N–H and O–H groups in total. The van der Waals surface area contributed by atoms with Gasteiger partial charge in [0.15, 0.2) is 5.78 Å². The molecular weight excluding hydrogens is 198 g/mol. The normalized spacial score (nSPS) is 26.9. The summed E-state index contributed by atoms with van der Waals surface area (Å²) in [5.74, 6) is 0.236. The second-order valence-electron chi connectivity index (χ2n) is 3.74. The van der Waals surface area contributed by atoms with E-state index in [1.807, 2.05) is 31.2 Å². The van der Waals surface area contributed by atoms with Crippen molar-refractivity contribution in [2.75, 3.05) is 6.54 Å². The molecule has 1 saturated heterocycles. The Hall–Kier alpha value is -0.860. The first-order valence-electron chi connectivity index (χ1n) is 4.67. The third-order valence-electron chi connectivity index (χ3n) is 2.79. The lowest BCUT2D eigenvalue weighted by Crippen LogP contribution is -2.38. The first kappa shape index (κ1) is 9.69. The largest absolute Gasteiger partial charge is 0.301 e. The van der Waals surface area contributed by atoms with Crippen molar-refractivity contribution in [3.63, 3.8) is 0 Å². The van der Waals surface area contributed by atoms with E-state index < -0.39 is 5.54 Å². The molecule has 0 spiro atoms. The van der Waals surface area contributed by atoms with E-state index in [-0.39, 0.29) is 5.78 Å². The Morgan fingerprint density at radius 3 is 2.86 bits per heavy atom. The summed E-state index contributed by atoms with van der Waals surface area (Å²) in [6.45, 7) is 2.66. The summed E-state index contributed by atoms with van der Waals surface area (Å²) >= 11 is 5.89. The zero-order chi connectivity index (χ0) is 10.2. The predicted molar refractivity (Wildman–Crippen MR) is 56.4 cm³/mol. The van der Waals surface area contributed by atoms with Crippen LogP contribution in [0.2, 0.25) is 5.02 Å². The molecule has 1 aromatic rings. The van der Waals surface area contributed by atoms with E-state index in [9.17, 15) is 4.79 Å². The highest BCUT2D eigenvalue weighted by Gasteiger charge is 2.38. The lowest BCUT2D eigenvalue weighted by Gasteiger charge is -2.23. The number of Topliss-reactive ketones (excluding diaryl/α,β-unsaturated/α-hetero) is 1. The summed E-state index contributed by atoms with van der Waals surface area (Å²) < 4.78 is 0. The van der Waals surface area contributed by atoms with Gasteiger partial charge in [0.05, 0.1) is 0 Å². The molecule has 1 atom stereocenters. The third-order valence-corrected chi connectivity index (χ3v) is 3.03. The molecule has 2 nitrogen and oxygen atoms in total. The van der Waals surface area contributed by atoms with Crippen LogP contribution < -0.4 is 5.32 Å². The van der Waals surface area contributed by atoms with Crippen LogP contribution in [-0.2, 0) is 10.3 Å². The number of hydrogen-bond donors (Lipinski definition) is 1. The third kappa shape index (κ3) is 1.45. The summed E-state index contributed by atoms with van der Waals surface area (Å²) in [4.78, 5) is 11.7. The molecule has 3 heteroatoms. The molecule has 74 valence electrons. The standard InChI is InChI=1S/C11H12ClNO/c1-11(10(14)5-6-13-11)8-3-2-4-9(12)7-8/h2-4,7,13H,5-6H2,1H3. The van der Waals surface area contributed by atoms with Gasteiger partial charge in [-0.2, -0.15) is 0 Å². The smallest absolute Gasteiger partial charge is 0.158 e. The second-order valence-corrected chi connectivity index (χ2v) is 4.17. The molecule has 0 aromatic heterocycles. The summed E-state index contributed by atoms with van der Waals surface area (Å²) in [6.07, 6.45) is 0.600. The number of carbonyl (C=O) groups is 1. The molecule has 1 unspecified atom stereocenters. The molecule has 0 amide bonds. The molecule has 1 fully saturated rings. The molecule has 14 heavy (non-hydrogen) atoms. The fourth-order valence-corrected chi connectivity index (χ4v) is 2.03. The second kappa shape index (κ2) is 3.37. The van der Waals surface area contributed by atoms with Crippen molar-refractivity contribution < 1.29 is 4.79 Å². The number of ketones is 1. The van der Waals surface area contributed by atoms with Crippen LogP contribution in [0.4, 0.5) is 0 Å². The van der Waals surface area contributed by atoms with Crippen LogP contribution in [-0.4, -0.2) is 12.3 Å². The maximum absolute atomic E-state index is 11.7. The van der Waals surface area contributed by atoms with Gasteiger partial charge in [0.2, 0.25) is 0 Å². The quantitative estimate of drug-likeness (QED) is 0.768. The lowest BCUT2D eigenvalue weighted by atomic mass is 9.89. The Kier molecular flexibility index (Phi) is 2.33. The Morgan fingerprint density at radius 2 is 2.29 bits per heavy atom. The minimum atomic E-state index is -0.537. The van der Waals surface area contributed by atoms with E-state index in [2.05, 4.69) is 5.32 Å². The van der Waals surface area contributed by atoms with Crippen LogP contribution >= 0.6 is 11.6 Å². The van der Waals surface area contributed by atoms with Crippen molar-refractivity contribution >= 4 is 17.4 Å². The van der Waals surface area contributed by atoms with Crippen molar-refractivity contribution in [1.29, 1.82) is 0 Å². The minimum absolute atomic E-state index is 0.236. The summed E-state index contributed by atoms with van der Waals surface area (Å²) in [7, 11) is 0. The van der Waals surface area contributed by atoms with Crippen molar-refractivity contribution in [2.24, 2.45) is 0 Å². The summed E-state index contributed by atoms with van der Waals surface area (Å²) in [6, 6.07) is 7.46. The zero-order valence-corrected chi connectivity index (χ0v) is 8.77. The average molecular weight is 210 g/mol. The lowest BCUT2D eigenvalue weighted by molar-refractivity contribution is -0.122. The highest BCUT2D eigenvalue weighted by molar-refractivity contribution is 6.30. The monoisotopic (exact) mass is 209 g/mol. The number of carbonyl (C=O) groups excluding carboxylic acids is 1. The average Bonchev–Trinajstić information content (AvgIpc) is 2.49. The topological polar surface area (TPSA) is 29.1 Å². The summed E-state index contributed by atoms with van der Waals surface area (Å²) in [5, 5.41) is 3.89. The number of nitrogens with one attached hydrogen (secondary N) is 1. The number of rotatable bonds is 1. The molecular formula is C11H12ClNO. The number of halogens is 1. The van der Waals surface area contributed by atoms with Gasteiger partial charge >= 0.3 is 0 Å². The minimum Gasteiger partial charge on any atom is -0.301 e. The summed E-state index contributed by atoms with van der Waals surface area (Å²) in [5.41, 5.74) is 0.415. The van der Waals surface area contributed by atoms with Crippen LogP contribution in [0.3, 0.4) is 0 Å². The van der Waals surface area contributed by atoms with Gasteiger partial charge in [-0.15, -0.1) is 0 Å². The molecule has 0 bridgehead atoms. The van der Waals surface area contributed by atoms with E-state index in [1.54, 1.807) is 0 Å². The van der Waals surface area contributed by atoms with E-state index in [0.29, 0.717) is 11.4 Å². The van der Waals surface area contributed by atoms with E-state index in [1.165, 1.54) is 0 Å². The van der Waals surface area contributed by atoms with Gasteiger partial charge in [0.1, 0.15) is 5.54 Å². The SMILES string of the molecule is CC1(c2cccc(Cl)c2)NCCC1=O. The predicted octanol–water partition coefficient (Wildman–Crippen LogP) is 2.12. The van der Waals surface area contributed by atoms with E-state index >= 15 is 0 Å². The Balaban J connectivity index is 2.43. The van der Waals surface area contributed by atoms with Gasteiger partial charge in [0, 0.05) is 18.0 Å². The van der Waals surface area contributed by atoms with Crippen LogP contribution in [0.15, 0.2) is 24.3 Å². The molecule has 1 aliphatic rings. The van der Waals surface area contributed by atoms with Gasteiger partial charge in [-0.05, 0) is 24.6 Å². The molecule has 2 rings (SSSR count). The molecule has 0 saturated carbocycles. The van der Waals surface area contributed by atoms with Crippen molar-refractivity contribution in [2.45, 2.75) is 18.9 Å². The van der Waals surface area contributed by atoms with Crippen LogP contribution in [0, 0.1) is 0 Å². The fraction of sp³-hybridized carbons (Fsp3) is 0.364. The van der Waals surface area contributed by atoms with Crippen molar-refractivity contribution in [3.8, 4) is 0 Å². The van der Waals surface area contributed by atoms with Crippen LogP contribution in [0.5, 0.6) is 0 Å². The van der Waals surface area contributed by atoms with Crippen LogP contribution in [0.1, 0.15) is 18.9 Å². The van der Waals surface area contributed by atoms with E-state index in [4.69, 9.17) is 11.6 Å². The molecule has 1 aliphatic heterocycles. The Labute approximate surface area is 88.3 Å². The molecule has 1 aromatic carbocycles. The molecule has 0 aliphatic carbocycles. The first-order valence-corrected chi connectivity index (χ1v) is 5.05. The molecule has 1 heterocycles. The van der Waals surface area contributed by atoms with Gasteiger partial charge in [0.25, 0.3) is 0 Å². The highest BCUT2D eigenvalue weighted by Crippen LogP contribution is 2.28. The van der Waals surface area contributed by atoms with Gasteiger partial charge < -0.3 is 5.32 Å². The van der Waals surface area contributed by atoms with Crippen molar-refractivity contribution in [1.82, 2.24) is 5.32 Å². The van der Waals surface area contributed by atoms with Crippen LogP contribution in [0.25, 0.3) is 0 Å². The maximum atomic E-state index is 11.7. The number of hydrogen-bond acceptors (Lipinski definition) is 2. The Bertz CT molecular complexity index is 377. The van der Waals surface area contributed by atoms with Gasteiger partial charge in [-0.1, -0.05) is 23.7 Å². The fourth-order valence-electron chi connectivity index (χ4n) is 1.84. The van der Waals surface area contributed by atoms with Gasteiger partial charge in [-0.3, -0.25) is 4.79 Å². The zero-order valence-electron chi connectivity index (χ0n) is 8.01. The molecule has 0 radical (unpaired) electrons. The first-order chi connectivity index (χ1) is 6.63. The highest BCUT2D eigenvalue weighted by atomic mass is 35.5. The van der Waals surface area contributed by atoms with Gasteiger partial charge in [-0.25, -0.2) is 0 Å². The number of benzene rings is 1. The Morgan fingerprint density at radius 1 is 1.50 bits per heavy atom. The van der Waals surface area contributed by atoms with Crippen molar-refractivity contribution in [3.05, 3.63) is 34.9 Å².